The molecule has 1 heterocycles. The molecule has 0 N–H and O–H groups in total. The minimum Gasteiger partial charge on any atom is -0.343 e. The standard InChI is InChI=1S/C11H14BNO3/c12-7-10(16)13-3-1-11(2-4-13)6-8(14)5-9(11)15/h1-7H2. The highest BCUT2D eigenvalue weighted by atomic mass is 16.2. The third-order valence-corrected chi connectivity index (χ3v) is 3.73. The summed E-state index contributed by atoms with van der Waals surface area (Å²) < 4.78 is 0. The van der Waals surface area contributed by atoms with Gasteiger partial charge >= 0.3 is 0 Å². The Morgan fingerprint density at radius 2 is 1.94 bits per heavy atom. The molecule has 1 aliphatic carbocycles. The monoisotopic (exact) mass is 219 g/mol. The van der Waals surface area contributed by atoms with Crippen LogP contribution in [0.5, 0.6) is 0 Å². The van der Waals surface area contributed by atoms with Crippen LogP contribution in [0, 0.1) is 5.41 Å². The molecule has 0 unspecified atom stereocenters. The molecule has 84 valence electrons. The first-order chi connectivity index (χ1) is 7.57. The topological polar surface area (TPSA) is 54.5 Å². The van der Waals surface area contributed by atoms with Gasteiger partial charge in [0.25, 0.3) is 0 Å². The van der Waals surface area contributed by atoms with E-state index in [-0.39, 0.29) is 30.2 Å². The normalized spacial score (nSPS) is 24.1. The second-order valence-corrected chi connectivity index (χ2v) is 4.68. The summed E-state index contributed by atoms with van der Waals surface area (Å²) in [4.78, 5) is 36.1. The molecule has 4 nitrogen and oxygen atoms in total. The maximum atomic E-state index is 11.8. The number of hydrogen-bond acceptors (Lipinski definition) is 3. The molecule has 0 aromatic heterocycles. The van der Waals surface area contributed by atoms with E-state index in [2.05, 4.69) is 0 Å². The minimum absolute atomic E-state index is 0.0138. The average molecular weight is 219 g/mol. The number of carbonyl (C=O) groups excluding carboxylic acids is 3. The van der Waals surface area contributed by atoms with Crippen molar-refractivity contribution >= 4 is 25.3 Å². The van der Waals surface area contributed by atoms with E-state index in [4.69, 9.17) is 7.85 Å². The molecule has 1 aliphatic heterocycles. The molecular formula is C11H14BNO3. The number of ketones is 2. The Labute approximate surface area is 95.8 Å². The van der Waals surface area contributed by atoms with Crippen LogP contribution in [0.3, 0.4) is 0 Å². The van der Waals surface area contributed by atoms with Gasteiger partial charge in [0.2, 0.25) is 5.91 Å². The molecule has 1 spiro atoms. The van der Waals surface area contributed by atoms with Crippen LogP contribution in [-0.4, -0.2) is 43.3 Å². The number of carbonyl (C=O) groups is 3. The van der Waals surface area contributed by atoms with Crippen LogP contribution in [0.2, 0.25) is 6.32 Å². The van der Waals surface area contributed by atoms with Crippen molar-refractivity contribution < 1.29 is 14.4 Å². The maximum absolute atomic E-state index is 11.8. The maximum Gasteiger partial charge on any atom is 0.213 e. The van der Waals surface area contributed by atoms with E-state index in [0.717, 1.165) is 0 Å². The van der Waals surface area contributed by atoms with Gasteiger partial charge in [0.1, 0.15) is 11.6 Å². The molecule has 16 heavy (non-hydrogen) atoms. The van der Waals surface area contributed by atoms with Crippen LogP contribution >= 0.6 is 0 Å². The first kappa shape index (κ1) is 11.4. The first-order valence-electron chi connectivity index (χ1n) is 5.60. The second kappa shape index (κ2) is 4.03. The van der Waals surface area contributed by atoms with Crippen molar-refractivity contribution in [1.82, 2.24) is 4.90 Å². The molecule has 2 aliphatic rings. The van der Waals surface area contributed by atoms with E-state index in [1.807, 2.05) is 0 Å². The van der Waals surface area contributed by atoms with E-state index < -0.39 is 5.41 Å². The summed E-state index contributed by atoms with van der Waals surface area (Å²) in [5.74, 6) is 0.0348. The lowest BCUT2D eigenvalue weighted by molar-refractivity contribution is -0.136. The van der Waals surface area contributed by atoms with Crippen molar-refractivity contribution in [3.8, 4) is 0 Å². The Morgan fingerprint density at radius 1 is 1.31 bits per heavy atom. The molecular weight excluding hydrogens is 205 g/mol. The van der Waals surface area contributed by atoms with Crippen LogP contribution in [0.15, 0.2) is 0 Å². The van der Waals surface area contributed by atoms with E-state index in [0.29, 0.717) is 32.4 Å². The summed E-state index contributed by atoms with van der Waals surface area (Å²) in [7, 11) is 5.28. The van der Waals surface area contributed by atoms with E-state index in [1.54, 1.807) is 4.90 Å². The quantitative estimate of drug-likeness (QED) is 0.464. The number of likely N-dealkylation sites (tertiary alicyclic amines) is 1. The van der Waals surface area contributed by atoms with Gasteiger partial charge in [0.05, 0.1) is 14.3 Å². The molecule has 0 aromatic carbocycles. The summed E-state index contributed by atoms with van der Waals surface area (Å²) >= 11 is 0. The lowest BCUT2D eigenvalue weighted by Gasteiger charge is -2.37. The molecule has 2 fully saturated rings. The van der Waals surface area contributed by atoms with Crippen molar-refractivity contribution in [2.75, 3.05) is 13.1 Å². The average Bonchev–Trinajstić information content (AvgIpc) is 2.54. The summed E-state index contributed by atoms with van der Waals surface area (Å²) in [5, 5.41) is 0. The summed E-state index contributed by atoms with van der Waals surface area (Å²) in [5.41, 5.74) is -0.456. The van der Waals surface area contributed by atoms with Gasteiger partial charge in [-0.15, -0.1) is 0 Å². The van der Waals surface area contributed by atoms with E-state index in [1.165, 1.54) is 0 Å². The minimum atomic E-state index is -0.456. The van der Waals surface area contributed by atoms with Gasteiger partial charge in [-0.25, -0.2) is 0 Å². The largest absolute Gasteiger partial charge is 0.343 e. The van der Waals surface area contributed by atoms with E-state index in [9.17, 15) is 14.4 Å². The van der Waals surface area contributed by atoms with Crippen LogP contribution in [-0.2, 0) is 14.4 Å². The van der Waals surface area contributed by atoms with Crippen molar-refractivity contribution in [3.05, 3.63) is 0 Å². The highest BCUT2D eigenvalue weighted by molar-refractivity contribution is 6.19. The Kier molecular flexibility index (Phi) is 2.87. The van der Waals surface area contributed by atoms with Crippen LogP contribution in [0.1, 0.15) is 25.7 Å². The number of Topliss-reactive ketones (excluding diaryl/α,β-unsaturated/α-hetero) is 2. The van der Waals surface area contributed by atoms with Gasteiger partial charge in [-0.05, 0) is 19.2 Å². The van der Waals surface area contributed by atoms with Crippen LogP contribution in [0.4, 0.5) is 0 Å². The van der Waals surface area contributed by atoms with Crippen LogP contribution in [0.25, 0.3) is 0 Å². The lowest BCUT2D eigenvalue weighted by Crippen LogP contribution is -2.44. The number of amides is 1. The summed E-state index contributed by atoms with van der Waals surface area (Å²) in [6.45, 7) is 1.10. The number of nitrogens with zero attached hydrogens (tertiary/aromatic N) is 1. The fraction of sp³-hybridized carbons (Fsp3) is 0.727. The molecule has 2 radical (unpaired) electrons. The molecule has 2 rings (SSSR count). The Hall–Kier alpha value is -1.13. The first-order valence-corrected chi connectivity index (χ1v) is 5.60. The summed E-state index contributed by atoms with van der Waals surface area (Å²) in [6, 6.07) is 0. The fourth-order valence-corrected chi connectivity index (χ4v) is 2.67. The highest BCUT2D eigenvalue weighted by Crippen LogP contribution is 2.42. The van der Waals surface area contributed by atoms with Gasteiger partial charge in [0, 0.05) is 24.9 Å². The zero-order valence-corrected chi connectivity index (χ0v) is 9.20. The fourth-order valence-electron chi connectivity index (χ4n) is 2.67. The van der Waals surface area contributed by atoms with Crippen LogP contribution < -0.4 is 0 Å². The zero-order chi connectivity index (χ0) is 11.8. The van der Waals surface area contributed by atoms with Gasteiger partial charge in [-0.1, -0.05) is 0 Å². The molecule has 1 amide bonds. The Bertz CT molecular complexity index is 345. The van der Waals surface area contributed by atoms with Crippen molar-refractivity contribution in [2.45, 2.75) is 32.0 Å². The molecule has 5 heteroatoms. The molecule has 1 saturated carbocycles. The third-order valence-electron chi connectivity index (χ3n) is 3.73. The van der Waals surface area contributed by atoms with Crippen molar-refractivity contribution in [3.63, 3.8) is 0 Å². The number of rotatable bonds is 1. The van der Waals surface area contributed by atoms with Gasteiger partial charge < -0.3 is 4.90 Å². The zero-order valence-electron chi connectivity index (χ0n) is 9.20. The number of piperidine rings is 1. The van der Waals surface area contributed by atoms with Gasteiger partial charge in [-0.2, -0.15) is 0 Å². The smallest absolute Gasteiger partial charge is 0.213 e. The van der Waals surface area contributed by atoms with Crippen molar-refractivity contribution in [2.24, 2.45) is 5.41 Å². The molecule has 0 aromatic rings. The predicted octanol–water partition coefficient (Wildman–Crippen LogP) is 0.114. The van der Waals surface area contributed by atoms with Gasteiger partial charge in [0.15, 0.2) is 0 Å². The molecule has 0 atom stereocenters. The molecule has 1 saturated heterocycles. The highest BCUT2D eigenvalue weighted by Gasteiger charge is 2.47. The predicted molar refractivity (Wildman–Crippen MR) is 58.1 cm³/mol. The van der Waals surface area contributed by atoms with Gasteiger partial charge in [-0.3, -0.25) is 14.4 Å². The summed E-state index contributed by atoms with van der Waals surface area (Å²) in [6.07, 6.45) is 1.70. The Morgan fingerprint density at radius 3 is 2.38 bits per heavy atom. The van der Waals surface area contributed by atoms with E-state index >= 15 is 0 Å². The SMILES string of the molecule is [B]CC(=O)N1CCC2(CC1)CC(=O)CC2=O. The number of hydrogen-bond donors (Lipinski definition) is 0. The lowest BCUT2D eigenvalue weighted by atomic mass is 9.76. The molecule has 0 bridgehead atoms. The Balaban J connectivity index is 2.02. The van der Waals surface area contributed by atoms with Crippen molar-refractivity contribution in [1.29, 1.82) is 0 Å². The third kappa shape index (κ3) is 1.79. The second-order valence-electron chi connectivity index (χ2n) is 4.68.